The van der Waals surface area contributed by atoms with Gasteiger partial charge >= 0.3 is 5.97 Å². The second-order valence-electron chi connectivity index (χ2n) is 4.08. The maximum atomic E-state index is 12.2. The van der Waals surface area contributed by atoms with Crippen LogP contribution in [0.25, 0.3) is 0 Å². The van der Waals surface area contributed by atoms with Crippen LogP contribution in [-0.4, -0.2) is 17.0 Å². The normalized spacial score (nSPS) is 10.2. The van der Waals surface area contributed by atoms with Gasteiger partial charge in [0, 0.05) is 9.50 Å². The average molecular weight is 389 g/mol. The SMILES string of the molecule is O=C(O)c1ccc(NC(=O)c2cc(Cl)ccc2Cl)c(Br)c1. The number of aromatic carboxylic acids is 1. The van der Waals surface area contributed by atoms with Crippen LogP contribution in [0.3, 0.4) is 0 Å². The summed E-state index contributed by atoms with van der Waals surface area (Å²) in [5, 5.41) is 12.2. The molecular weight excluding hydrogens is 381 g/mol. The number of carboxylic acid groups (broad SMARTS) is 1. The lowest BCUT2D eigenvalue weighted by atomic mass is 10.2. The average Bonchev–Trinajstić information content (AvgIpc) is 2.43. The summed E-state index contributed by atoms with van der Waals surface area (Å²) < 4.78 is 0.453. The monoisotopic (exact) mass is 387 g/mol. The second-order valence-corrected chi connectivity index (χ2v) is 5.78. The van der Waals surface area contributed by atoms with E-state index in [1.807, 2.05) is 0 Å². The van der Waals surface area contributed by atoms with E-state index in [2.05, 4.69) is 21.2 Å². The van der Waals surface area contributed by atoms with Gasteiger partial charge in [-0.3, -0.25) is 4.79 Å². The fraction of sp³-hybridized carbons (Fsp3) is 0. The van der Waals surface area contributed by atoms with Crippen molar-refractivity contribution in [1.29, 1.82) is 0 Å². The van der Waals surface area contributed by atoms with Crippen LogP contribution in [0.5, 0.6) is 0 Å². The topological polar surface area (TPSA) is 66.4 Å². The summed E-state index contributed by atoms with van der Waals surface area (Å²) in [6.07, 6.45) is 0. The molecule has 0 bridgehead atoms. The smallest absolute Gasteiger partial charge is 0.335 e. The number of benzene rings is 2. The summed E-state index contributed by atoms with van der Waals surface area (Å²) in [7, 11) is 0. The predicted molar refractivity (Wildman–Crippen MR) is 85.5 cm³/mol. The van der Waals surface area contributed by atoms with E-state index in [-0.39, 0.29) is 16.1 Å². The molecule has 7 heteroatoms. The van der Waals surface area contributed by atoms with E-state index in [1.54, 1.807) is 6.07 Å². The molecule has 2 rings (SSSR count). The minimum absolute atomic E-state index is 0.112. The molecule has 0 heterocycles. The van der Waals surface area contributed by atoms with Crippen molar-refractivity contribution in [3.63, 3.8) is 0 Å². The molecule has 0 spiro atoms. The van der Waals surface area contributed by atoms with Gasteiger partial charge in [-0.25, -0.2) is 4.79 Å². The molecule has 2 N–H and O–H groups in total. The predicted octanol–water partition coefficient (Wildman–Crippen LogP) is 4.71. The minimum atomic E-state index is -1.05. The van der Waals surface area contributed by atoms with E-state index < -0.39 is 11.9 Å². The number of hydrogen-bond acceptors (Lipinski definition) is 2. The molecule has 0 saturated carbocycles. The first kappa shape index (κ1) is 15.8. The summed E-state index contributed by atoms with van der Waals surface area (Å²) in [5.41, 5.74) is 0.778. The first-order chi connectivity index (χ1) is 9.88. The lowest BCUT2D eigenvalue weighted by Gasteiger charge is -2.09. The van der Waals surface area contributed by atoms with Crippen LogP contribution in [0.2, 0.25) is 10.0 Å². The molecular formula is C14H8BrCl2NO3. The van der Waals surface area contributed by atoms with Gasteiger partial charge in [0.1, 0.15) is 0 Å². The third-order valence-corrected chi connectivity index (χ3v) is 3.86. The van der Waals surface area contributed by atoms with Gasteiger partial charge in [-0.2, -0.15) is 0 Å². The number of nitrogens with one attached hydrogen (secondary N) is 1. The number of carboxylic acids is 1. The van der Waals surface area contributed by atoms with Crippen molar-refractivity contribution < 1.29 is 14.7 Å². The van der Waals surface area contributed by atoms with Gasteiger partial charge < -0.3 is 10.4 Å². The molecule has 2 aromatic rings. The summed E-state index contributed by atoms with van der Waals surface area (Å²) in [4.78, 5) is 23.0. The molecule has 0 atom stereocenters. The van der Waals surface area contributed by atoms with E-state index in [9.17, 15) is 9.59 Å². The van der Waals surface area contributed by atoms with Gasteiger partial charge in [-0.15, -0.1) is 0 Å². The molecule has 0 saturated heterocycles. The highest BCUT2D eigenvalue weighted by Crippen LogP contribution is 2.26. The summed E-state index contributed by atoms with van der Waals surface area (Å²) in [6.45, 7) is 0. The lowest BCUT2D eigenvalue weighted by Crippen LogP contribution is -2.13. The van der Waals surface area contributed by atoms with Crippen molar-refractivity contribution in [3.05, 3.63) is 62.0 Å². The fourth-order valence-corrected chi connectivity index (χ4v) is 2.46. The van der Waals surface area contributed by atoms with Crippen LogP contribution < -0.4 is 5.32 Å². The van der Waals surface area contributed by atoms with Crippen LogP contribution in [-0.2, 0) is 0 Å². The fourth-order valence-electron chi connectivity index (χ4n) is 1.61. The first-order valence-electron chi connectivity index (χ1n) is 5.67. The molecule has 108 valence electrons. The molecule has 0 aliphatic heterocycles. The van der Waals surface area contributed by atoms with Crippen molar-refractivity contribution >= 4 is 56.7 Å². The zero-order valence-electron chi connectivity index (χ0n) is 10.4. The van der Waals surface area contributed by atoms with Crippen molar-refractivity contribution in [2.24, 2.45) is 0 Å². The zero-order chi connectivity index (χ0) is 15.6. The number of amides is 1. The minimum Gasteiger partial charge on any atom is -0.478 e. The Bertz CT molecular complexity index is 734. The highest BCUT2D eigenvalue weighted by atomic mass is 79.9. The Balaban J connectivity index is 2.27. The lowest BCUT2D eigenvalue weighted by molar-refractivity contribution is 0.0696. The maximum absolute atomic E-state index is 12.2. The number of carbonyl (C=O) groups excluding carboxylic acids is 1. The van der Waals surface area contributed by atoms with E-state index in [0.717, 1.165) is 0 Å². The van der Waals surface area contributed by atoms with Crippen LogP contribution in [0.4, 0.5) is 5.69 Å². The molecule has 4 nitrogen and oxygen atoms in total. The van der Waals surface area contributed by atoms with Crippen molar-refractivity contribution in [2.75, 3.05) is 5.32 Å². The Hall–Kier alpha value is -1.56. The molecule has 0 radical (unpaired) electrons. The molecule has 0 aliphatic rings. The van der Waals surface area contributed by atoms with Crippen LogP contribution >= 0.6 is 39.1 Å². The van der Waals surface area contributed by atoms with Crippen molar-refractivity contribution in [2.45, 2.75) is 0 Å². The van der Waals surface area contributed by atoms with E-state index >= 15 is 0 Å². The van der Waals surface area contributed by atoms with Gasteiger partial charge in [0.15, 0.2) is 0 Å². The first-order valence-corrected chi connectivity index (χ1v) is 7.22. The molecule has 0 aliphatic carbocycles. The standard InChI is InChI=1S/C14H8BrCl2NO3/c15-10-5-7(14(20)21)1-4-12(10)18-13(19)9-6-8(16)2-3-11(9)17/h1-6H,(H,18,19)(H,20,21). The van der Waals surface area contributed by atoms with Gasteiger partial charge in [0.2, 0.25) is 0 Å². The Kier molecular flexibility index (Phi) is 4.88. The molecule has 0 fully saturated rings. The Morgan fingerprint density at radius 1 is 1.10 bits per heavy atom. The number of halogens is 3. The zero-order valence-corrected chi connectivity index (χ0v) is 13.5. The Morgan fingerprint density at radius 3 is 2.43 bits per heavy atom. The molecule has 21 heavy (non-hydrogen) atoms. The highest BCUT2D eigenvalue weighted by Gasteiger charge is 2.14. The molecule has 0 aromatic heterocycles. The molecule has 2 aromatic carbocycles. The Morgan fingerprint density at radius 2 is 1.81 bits per heavy atom. The largest absolute Gasteiger partial charge is 0.478 e. The van der Waals surface area contributed by atoms with E-state index in [1.165, 1.54) is 30.3 Å². The second kappa shape index (κ2) is 6.47. The van der Waals surface area contributed by atoms with E-state index in [0.29, 0.717) is 15.2 Å². The van der Waals surface area contributed by atoms with Crippen LogP contribution in [0.15, 0.2) is 40.9 Å². The van der Waals surface area contributed by atoms with Gasteiger partial charge in [0.05, 0.1) is 21.8 Å². The van der Waals surface area contributed by atoms with Gasteiger partial charge in [-0.1, -0.05) is 23.2 Å². The van der Waals surface area contributed by atoms with Gasteiger partial charge in [0.25, 0.3) is 5.91 Å². The third kappa shape index (κ3) is 3.75. The number of rotatable bonds is 3. The maximum Gasteiger partial charge on any atom is 0.335 e. The summed E-state index contributed by atoms with van der Waals surface area (Å²) in [5.74, 6) is -1.49. The van der Waals surface area contributed by atoms with Crippen molar-refractivity contribution in [3.8, 4) is 0 Å². The quantitative estimate of drug-likeness (QED) is 0.800. The number of carbonyl (C=O) groups is 2. The number of hydrogen-bond donors (Lipinski definition) is 2. The van der Waals surface area contributed by atoms with E-state index in [4.69, 9.17) is 28.3 Å². The summed E-state index contributed by atoms with van der Waals surface area (Å²) in [6, 6.07) is 8.85. The molecule has 1 amide bonds. The molecule has 0 unspecified atom stereocenters. The number of anilines is 1. The van der Waals surface area contributed by atoms with Gasteiger partial charge in [-0.05, 0) is 52.3 Å². The third-order valence-electron chi connectivity index (χ3n) is 2.64. The van der Waals surface area contributed by atoms with Crippen LogP contribution in [0.1, 0.15) is 20.7 Å². The van der Waals surface area contributed by atoms with Crippen molar-refractivity contribution in [1.82, 2.24) is 0 Å². The summed E-state index contributed by atoms with van der Waals surface area (Å²) >= 11 is 15.0. The van der Waals surface area contributed by atoms with Crippen LogP contribution in [0, 0.1) is 0 Å². The highest BCUT2D eigenvalue weighted by molar-refractivity contribution is 9.10. The Labute approximate surface area is 138 Å².